The third kappa shape index (κ3) is 4.84. The van der Waals surface area contributed by atoms with Gasteiger partial charge in [0.2, 0.25) is 5.91 Å². The zero-order chi connectivity index (χ0) is 21.1. The summed E-state index contributed by atoms with van der Waals surface area (Å²) < 4.78 is 20.9. The molecule has 0 aliphatic carbocycles. The Bertz CT molecular complexity index is 920. The van der Waals surface area contributed by atoms with Gasteiger partial charge in [0, 0.05) is 25.3 Å². The van der Waals surface area contributed by atoms with E-state index in [0.29, 0.717) is 31.0 Å². The molecule has 0 unspecified atom stereocenters. The minimum atomic E-state index is -0.297. The third-order valence-electron chi connectivity index (χ3n) is 5.32. The van der Waals surface area contributed by atoms with Crippen molar-refractivity contribution >= 4 is 11.7 Å². The average molecular weight is 398 g/mol. The summed E-state index contributed by atoms with van der Waals surface area (Å²) in [6.45, 7) is 9.84. The van der Waals surface area contributed by atoms with Crippen LogP contribution in [0.1, 0.15) is 36.2 Å². The normalized spacial score (nSPS) is 19.7. The summed E-state index contributed by atoms with van der Waals surface area (Å²) >= 11 is 0. The van der Waals surface area contributed by atoms with E-state index in [1.54, 1.807) is 12.1 Å². The Morgan fingerprint density at radius 3 is 2.45 bits per heavy atom. The van der Waals surface area contributed by atoms with Crippen molar-refractivity contribution in [1.82, 2.24) is 9.47 Å². The zero-order valence-corrected chi connectivity index (χ0v) is 17.3. The van der Waals surface area contributed by atoms with Crippen LogP contribution in [-0.4, -0.2) is 47.2 Å². The number of carbonyl (C=O) groups excluding carboxylic acids is 1. The number of rotatable bonds is 5. The molecule has 2 aromatic rings. The van der Waals surface area contributed by atoms with E-state index in [-0.39, 0.29) is 30.5 Å². The maximum absolute atomic E-state index is 13.2. The number of hydrogen-bond acceptors (Lipinski definition) is 4. The van der Waals surface area contributed by atoms with Crippen molar-refractivity contribution in [3.8, 4) is 6.07 Å². The number of morpholine rings is 1. The molecule has 1 N–H and O–H groups in total. The monoisotopic (exact) mass is 398 g/mol. The summed E-state index contributed by atoms with van der Waals surface area (Å²) in [5.41, 5.74) is 3.08. The first-order valence-electron chi connectivity index (χ1n) is 9.80. The number of hydrogen-bond donors (Lipinski definition) is 1. The van der Waals surface area contributed by atoms with E-state index in [1.165, 1.54) is 12.1 Å². The number of ether oxygens (including phenoxy) is 1. The molecule has 0 spiro atoms. The Morgan fingerprint density at radius 2 is 1.86 bits per heavy atom. The van der Waals surface area contributed by atoms with Gasteiger partial charge in [-0.25, -0.2) is 4.39 Å². The highest BCUT2D eigenvalue weighted by Gasteiger charge is 2.25. The second-order valence-electron chi connectivity index (χ2n) is 7.76. The molecule has 7 heteroatoms. The predicted octanol–water partition coefficient (Wildman–Crippen LogP) is 3.21. The maximum Gasteiger partial charge on any atom is 0.239 e. The van der Waals surface area contributed by atoms with Gasteiger partial charge in [-0.05, 0) is 51.0 Å². The fourth-order valence-corrected chi connectivity index (χ4v) is 3.89. The second-order valence-corrected chi connectivity index (χ2v) is 7.76. The van der Waals surface area contributed by atoms with Crippen LogP contribution in [0.4, 0.5) is 10.2 Å². The van der Waals surface area contributed by atoms with Crippen LogP contribution in [0.3, 0.4) is 0 Å². The van der Waals surface area contributed by atoms with Crippen LogP contribution >= 0.6 is 0 Å². The Balaban J connectivity index is 1.82. The Labute approximate surface area is 170 Å². The summed E-state index contributed by atoms with van der Waals surface area (Å²) in [5.74, 6) is 0.0289. The molecule has 1 fully saturated rings. The van der Waals surface area contributed by atoms with Gasteiger partial charge in [-0.2, -0.15) is 5.26 Å². The van der Waals surface area contributed by atoms with Gasteiger partial charge in [0.25, 0.3) is 0 Å². The first-order chi connectivity index (χ1) is 13.8. The Kier molecular flexibility index (Phi) is 6.36. The number of anilines is 1. The van der Waals surface area contributed by atoms with Gasteiger partial charge in [-0.3, -0.25) is 9.69 Å². The molecule has 2 atom stereocenters. The van der Waals surface area contributed by atoms with Crippen molar-refractivity contribution in [2.75, 3.05) is 25.0 Å². The molecular weight excluding hydrogens is 371 g/mol. The van der Waals surface area contributed by atoms with Gasteiger partial charge in [0.1, 0.15) is 17.7 Å². The number of nitriles is 1. The summed E-state index contributed by atoms with van der Waals surface area (Å²) in [6.07, 6.45) is 0.154. The minimum Gasteiger partial charge on any atom is -0.373 e. The van der Waals surface area contributed by atoms with E-state index < -0.39 is 0 Å². The van der Waals surface area contributed by atoms with Gasteiger partial charge in [0.15, 0.2) is 0 Å². The highest BCUT2D eigenvalue weighted by atomic mass is 19.1. The molecule has 1 amide bonds. The number of amides is 1. The van der Waals surface area contributed by atoms with Crippen LogP contribution in [0, 0.1) is 31.0 Å². The van der Waals surface area contributed by atoms with Gasteiger partial charge in [0.05, 0.1) is 24.3 Å². The van der Waals surface area contributed by atoms with Crippen LogP contribution in [0.5, 0.6) is 0 Å². The minimum absolute atomic E-state index is 0.0769. The van der Waals surface area contributed by atoms with Gasteiger partial charge in [-0.1, -0.05) is 12.1 Å². The molecule has 0 radical (unpaired) electrons. The average Bonchev–Trinajstić information content (AvgIpc) is 2.86. The fraction of sp³-hybridized carbons (Fsp3) is 0.455. The lowest BCUT2D eigenvalue weighted by molar-refractivity contribution is -0.121. The second kappa shape index (κ2) is 8.76. The summed E-state index contributed by atoms with van der Waals surface area (Å²) in [6, 6.07) is 8.44. The number of nitrogens with one attached hydrogen (secondary N) is 1. The SMILES string of the molecule is Cc1c(C#N)c(NC(=O)CN2C[C@H](C)O[C@@H](C)C2)n(Cc2ccc(F)cc2)c1C. The van der Waals surface area contributed by atoms with E-state index >= 15 is 0 Å². The van der Waals surface area contributed by atoms with Crippen LogP contribution < -0.4 is 5.32 Å². The zero-order valence-electron chi connectivity index (χ0n) is 17.3. The van der Waals surface area contributed by atoms with Crippen molar-refractivity contribution in [2.24, 2.45) is 0 Å². The smallest absolute Gasteiger partial charge is 0.239 e. The number of aromatic nitrogens is 1. The molecule has 0 saturated carbocycles. The molecule has 1 aromatic carbocycles. The molecule has 3 rings (SSSR count). The largest absolute Gasteiger partial charge is 0.373 e. The maximum atomic E-state index is 13.2. The number of halogens is 1. The van der Waals surface area contributed by atoms with Crippen molar-refractivity contribution in [1.29, 1.82) is 5.26 Å². The lowest BCUT2D eigenvalue weighted by Crippen LogP contribution is -2.48. The van der Waals surface area contributed by atoms with E-state index in [9.17, 15) is 14.4 Å². The summed E-state index contributed by atoms with van der Waals surface area (Å²) in [7, 11) is 0. The van der Waals surface area contributed by atoms with Crippen LogP contribution in [0.15, 0.2) is 24.3 Å². The molecular formula is C22H27FN4O2. The summed E-state index contributed by atoms with van der Waals surface area (Å²) in [4.78, 5) is 14.8. The Hall–Kier alpha value is -2.69. The van der Waals surface area contributed by atoms with Crippen LogP contribution in [-0.2, 0) is 16.1 Å². The molecule has 1 aromatic heterocycles. The first-order valence-corrected chi connectivity index (χ1v) is 9.80. The van der Waals surface area contributed by atoms with Crippen LogP contribution in [0.25, 0.3) is 0 Å². The standard InChI is InChI=1S/C22H27FN4O2/c1-14-10-26(11-15(2)29-14)13-21(28)25-22-20(9-24)16(3)17(4)27(22)12-18-5-7-19(23)8-6-18/h5-8,14-15H,10-13H2,1-4H3,(H,25,28)/t14-,15-/m0/s1. The third-order valence-corrected chi connectivity index (χ3v) is 5.32. The number of nitrogens with zero attached hydrogens (tertiary/aromatic N) is 3. The molecule has 1 aliphatic rings. The van der Waals surface area contributed by atoms with Gasteiger partial charge < -0.3 is 14.6 Å². The Morgan fingerprint density at radius 1 is 1.24 bits per heavy atom. The number of benzene rings is 1. The molecule has 29 heavy (non-hydrogen) atoms. The number of carbonyl (C=O) groups is 1. The van der Waals surface area contributed by atoms with Gasteiger partial charge >= 0.3 is 0 Å². The quantitative estimate of drug-likeness (QED) is 0.840. The summed E-state index contributed by atoms with van der Waals surface area (Å²) in [5, 5.41) is 12.6. The highest BCUT2D eigenvalue weighted by molar-refractivity contribution is 5.93. The lowest BCUT2D eigenvalue weighted by atomic mass is 10.2. The van der Waals surface area contributed by atoms with Crippen molar-refractivity contribution < 1.29 is 13.9 Å². The predicted molar refractivity (Wildman–Crippen MR) is 109 cm³/mol. The van der Waals surface area contributed by atoms with E-state index in [2.05, 4.69) is 16.3 Å². The molecule has 1 saturated heterocycles. The van der Waals surface area contributed by atoms with Gasteiger partial charge in [-0.15, -0.1) is 0 Å². The van der Waals surface area contributed by atoms with Crippen LogP contribution in [0.2, 0.25) is 0 Å². The fourth-order valence-electron chi connectivity index (χ4n) is 3.89. The van der Waals surface area contributed by atoms with Crippen molar-refractivity contribution in [2.45, 2.75) is 46.4 Å². The molecule has 6 nitrogen and oxygen atoms in total. The lowest BCUT2D eigenvalue weighted by Gasteiger charge is -2.34. The molecule has 154 valence electrons. The first kappa shape index (κ1) is 21.0. The molecule has 2 heterocycles. The van der Waals surface area contributed by atoms with E-state index in [0.717, 1.165) is 16.8 Å². The van der Waals surface area contributed by atoms with Crippen molar-refractivity contribution in [3.63, 3.8) is 0 Å². The van der Waals surface area contributed by atoms with E-state index in [1.807, 2.05) is 32.3 Å². The van der Waals surface area contributed by atoms with Crippen molar-refractivity contribution in [3.05, 3.63) is 52.5 Å². The van der Waals surface area contributed by atoms with E-state index in [4.69, 9.17) is 4.74 Å². The topological polar surface area (TPSA) is 70.3 Å². The molecule has 0 bridgehead atoms. The molecule has 1 aliphatic heterocycles. The highest BCUT2D eigenvalue weighted by Crippen LogP contribution is 2.27.